The van der Waals surface area contributed by atoms with Gasteiger partial charge in [0.2, 0.25) is 5.91 Å². The first-order valence-electron chi connectivity index (χ1n) is 5.13. The molecule has 0 saturated carbocycles. The van der Waals surface area contributed by atoms with E-state index in [-0.39, 0.29) is 11.8 Å². The molecule has 1 aromatic heterocycles. The summed E-state index contributed by atoms with van der Waals surface area (Å²) in [6, 6.07) is 0. The first-order chi connectivity index (χ1) is 7.24. The van der Waals surface area contributed by atoms with Gasteiger partial charge in [0.1, 0.15) is 0 Å². The number of aromatic nitrogens is 2. The molecule has 84 valence electrons. The molecule has 0 aliphatic heterocycles. The van der Waals surface area contributed by atoms with Gasteiger partial charge in [-0.3, -0.25) is 4.79 Å². The maximum absolute atomic E-state index is 11.5. The molecule has 0 saturated heterocycles. The van der Waals surface area contributed by atoms with Gasteiger partial charge >= 0.3 is 0 Å². The average Bonchev–Trinajstić information content (AvgIpc) is 2.71. The third-order valence-electron chi connectivity index (χ3n) is 2.21. The minimum atomic E-state index is 0.0109. The summed E-state index contributed by atoms with van der Waals surface area (Å²) in [5.41, 5.74) is 1.04. The number of carbonyl (C=O) groups excluding carboxylic acids is 1. The van der Waals surface area contributed by atoms with Crippen LogP contribution < -0.4 is 10.6 Å². The van der Waals surface area contributed by atoms with Crippen molar-refractivity contribution < 1.29 is 4.79 Å². The van der Waals surface area contributed by atoms with Gasteiger partial charge in [0.05, 0.1) is 6.33 Å². The van der Waals surface area contributed by atoms with Gasteiger partial charge in [-0.15, -0.1) is 0 Å². The molecule has 0 aromatic carbocycles. The molecule has 0 aliphatic rings. The van der Waals surface area contributed by atoms with Crippen molar-refractivity contribution in [1.29, 1.82) is 0 Å². The summed E-state index contributed by atoms with van der Waals surface area (Å²) in [4.78, 5) is 18.4. The number of hydrogen-bond donors (Lipinski definition) is 3. The fourth-order valence-electron chi connectivity index (χ4n) is 1.31. The van der Waals surface area contributed by atoms with Crippen molar-refractivity contribution in [3.63, 3.8) is 0 Å². The van der Waals surface area contributed by atoms with E-state index in [0.29, 0.717) is 13.1 Å². The highest BCUT2D eigenvalue weighted by molar-refractivity contribution is 5.78. The van der Waals surface area contributed by atoms with Crippen molar-refractivity contribution in [2.75, 3.05) is 20.1 Å². The van der Waals surface area contributed by atoms with Crippen LogP contribution in [-0.4, -0.2) is 36.0 Å². The number of aromatic amines is 1. The Hall–Kier alpha value is -1.36. The second-order valence-corrected chi connectivity index (χ2v) is 3.58. The van der Waals surface area contributed by atoms with Gasteiger partial charge in [-0.1, -0.05) is 6.92 Å². The van der Waals surface area contributed by atoms with Crippen LogP contribution in [0.2, 0.25) is 0 Å². The highest BCUT2D eigenvalue weighted by Gasteiger charge is 2.10. The third kappa shape index (κ3) is 4.12. The van der Waals surface area contributed by atoms with Gasteiger partial charge in [-0.2, -0.15) is 0 Å². The number of rotatable bonds is 6. The van der Waals surface area contributed by atoms with Crippen LogP contribution >= 0.6 is 0 Å². The predicted octanol–water partition coefficient (Wildman–Crippen LogP) is -0.0761. The number of nitrogens with zero attached hydrogens (tertiary/aromatic N) is 1. The van der Waals surface area contributed by atoms with E-state index in [1.807, 2.05) is 14.0 Å². The first kappa shape index (κ1) is 11.7. The van der Waals surface area contributed by atoms with E-state index in [9.17, 15) is 4.79 Å². The van der Waals surface area contributed by atoms with Crippen LogP contribution in [-0.2, 0) is 11.2 Å². The number of carbonyl (C=O) groups is 1. The van der Waals surface area contributed by atoms with E-state index in [1.165, 1.54) is 0 Å². The lowest BCUT2D eigenvalue weighted by Crippen LogP contribution is -2.35. The van der Waals surface area contributed by atoms with Gasteiger partial charge < -0.3 is 15.6 Å². The van der Waals surface area contributed by atoms with Crippen LogP contribution in [0.3, 0.4) is 0 Å². The van der Waals surface area contributed by atoms with Crippen molar-refractivity contribution in [1.82, 2.24) is 20.6 Å². The highest BCUT2D eigenvalue weighted by atomic mass is 16.1. The second-order valence-electron chi connectivity index (χ2n) is 3.58. The van der Waals surface area contributed by atoms with Crippen molar-refractivity contribution in [2.24, 2.45) is 5.92 Å². The van der Waals surface area contributed by atoms with Crippen LogP contribution in [0.1, 0.15) is 12.6 Å². The molecule has 1 aromatic rings. The molecule has 5 heteroatoms. The summed E-state index contributed by atoms with van der Waals surface area (Å²) in [7, 11) is 1.84. The maximum atomic E-state index is 11.5. The smallest absolute Gasteiger partial charge is 0.224 e. The second kappa shape index (κ2) is 6.19. The summed E-state index contributed by atoms with van der Waals surface area (Å²) >= 11 is 0. The quantitative estimate of drug-likeness (QED) is 0.615. The van der Waals surface area contributed by atoms with E-state index in [1.54, 1.807) is 12.5 Å². The van der Waals surface area contributed by atoms with E-state index < -0.39 is 0 Å². The van der Waals surface area contributed by atoms with Gasteiger partial charge in [0.15, 0.2) is 0 Å². The summed E-state index contributed by atoms with van der Waals surface area (Å²) < 4.78 is 0. The zero-order valence-electron chi connectivity index (χ0n) is 9.21. The van der Waals surface area contributed by atoms with E-state index >= 15 is 0 Å². The van der Waals surface area contributed by atoms with Crippen LogP contribution in [0.5, 0.6) is 0 Å². The summed E-state index contributed by atoms with van der Waals surface area (Å²) in [6.45, 7) is 3.26. The topological polar surface area (TPSA) is 69.8 Å². The highest BCUT2D eigenvalue weighted by Crippen LogP contribution is 1.94. The lowest BCUT2D eigenvalue weighted by atomic mass is 10.1. The van der Waals surface area contributed by atoms with E-state index in [2.05, 4.69) is 20.6 Å². The van der Waals surface area contributed by atoms with Crippen LogP contribution in [0.25, 0.3) is 0 Å². The molecule has 5 nitrogen and oxygen atoms in total. The van der Waals surface area contributed by atoms with Crippen LogP contribution in [0.4, 0.5) is 0 Å². The van der Waals surface area contributed by atoms with Gasteiger partial charge in [-0.25, -0.2) is 4.98 Å². The average molecular weight is 210 g/mol. The zero-order chi connectivity index (χ0) is 11.1. The van der Waals surface area contributed by atoms with Crippen molar-refractivity contribution in [2.45, 2.75) is 13.3 Å². The minimum Gasteiger partial charge on any atom is -0.355 e. The molecule has 1 heterocycles. The number of H-pyrrole nitrogens is 1. The number of imidazole rings is 1. The van der Waals surface area contributed by atoms with Crippen LogP contribution in [0.15, 0.2) is 12.5 Å². The fraction of sp³-hybridized carbons (Fsp3) is 0.600. The van der Waals surface area contributed by atoms with Crippen LogP contribution in [0, 0.1) is 5.92 Å². The van der Waals surface area contributed by atoms with Gasteiger partial charge in [-0.05, 0) is 7.05 Å². The molecule has 1 amide bonds. The summed E-state index contributed by atoms with van der Waals surface area (Å²) in [5, 5.41) is 5.85. The van der Waals surface area contributed by atoms with Gasteiger partial charge in [0, 0.05) is 37.3 Å². The zero-order valence-corrected chi connectivity index (χ0v) is 9.21. The van der Waals surface area contributed by atoms with Crippen molar-refractivity contribution in [3.05, 3.63) is 18.2 Å². The SMILES string of the molecule is CNCC(C)C(=O)NCCc1cnc[nH]1. The molecule has 0 radical (unpaired) electrons. The Balaban J connectivity index is 2.17. The predicted molar refractivity (Wildman–Crippen MR) is 58.4 cm³/mol. The number of nitrogens with one attached hydrogen (secondary N) is 3. The Labute approximate surface area is 89.7 Å². The fourth-order valence-corrected chi connectivity index (χ4v) is 1.31. The molecule has 15 heavy (non-hydrogen) atoms. The lowest BCUT2D eigenvalue weighted by Gasteiger charge is -2.10. The Morgan fingerprint density at radius 2 is 2.47 bits per heavy atom. The van der Waals surface area contributed by atoms with E-state index in [4.69, 9.17) is 0 Å². The first-order valence-corrected chi connectivity index (χ1v) is 5.13. The molecule has 0 bridgehead atoms. The molecular weight excluding hydrogens is 192 g/mol. The minimum absolute atomic E-state index is 0.0109. The third-order valence-corrected chi connectivity index (χ3v) is 2.21. The van der Waals surface area contributed by atoms with Crippen molar-refractivity contribution in [3.8, 4) is 0 Å². The molecule has 0 fully saturated rings. The standard InChI is InChI=1S/C10H18N4O/c1-8(5-11-2)10(15)13-4-3-9-6-12-7-14-9/h6-8,11H,3-5H2,1-2H3,(H,12,14)(H,13,15). The Kier molecular flexibility index (Phi) is 4.83. The molecule has 1 atom stereocenters. The Morgan fingerprint density at radius 3 is 3.07 bits per heavy atom. The monoisotopic (exact) mass is 210 g/mol. The lowest BCUT2D eigenvalue weighted by molar-refractivity contribution is -0.124. The Morgan fingerprint density at radius 1 is 1.67 bits per heavy atom. The molecule has 0 aliphatic carbocycles. The molecule has 3 N–H and O–H groups in total. The largest absolute Gasteiger partial charge is 0.355 e. The molecule has 0 spiro atoms. The molecular formula is C10H18N4O. The van der Waals surface area contributed by atoms with E-state index in [0.717, 1.165) is 12.1 Å². The Bertz CT molecular complexity index is 284. The van der Waals surface area contributed by atoms with Crippen molar-refractivity contribution >= 4 is 5.91 Å². The summed E-state index contributed by atoms with van der Waals surface area (Å²) in [6.07, 6.45) is 4.20. The normalized spacial score (nSPS) is 12.4. The molecule has 1 unspecified atom stereocenters. The number of amides is 1. The summed E-state index contributed by atoms with van der Waals surface area (Å²) in [5.74, 6) is 0.0978. The molecule has 1 rings (SSSR count). The number of hydrogen-bond acceptors (Lipinski definition) is 3. The maximum Gasteiger partial charge on any atom is 0.224 e. The van der Waals surface area contributed by atoms with Gasteiger partial charge in [0.25, 0.3) is 0 Å².